The number of amides is 1. The summed E-state index contributed by atoms with van der Waals surface area (Å²) in [4.78, 5) is 24.7. The summed E-state index contributed by atoms with van der Waals surface area (Å²) in [6.45, 7) is 1.85. The lowest BCUT2D eigenvalue weighted by molar-refractivity contribution is -0.115. The fraction of sp³-hybridized carbons (Fsp3) is 0.125. The van der Waals surface area contributed by atoms with Crippen molar-refractivity contribution in [2.75, 3.05) is 5.32 Å². The molecule has 1 N–H and O–H groups in total. The quantitative estimate of drug-likeness (QED) is 0.565. The number of thiazole rings is 1. The standard InChI is InChI=1S/C16H14N4OS2/c1-11(15(21)20-16-17-7-8-22-16)23-14-9-13(18-10-19-14)12-5-3-2-4-6-12/h2-11H,1H3,(H,17,20,21). The Kier molecular flexibility index (Phi) is 4.99. The average molecular weight is 342 g/mol. The van der Waals surface area contributed by atoms with Gasteiger partial charge >= 0.3 is 0 Å². The molecule has 3 aromatic rings. The van der Waals surface area contributed by atoms with Crippen LogP contribution in [-0.2, 0) is 4.79 Å². The Morgan fingerprint density at radius 1 is 1.22 bits per heavy atom. The van der Waals surface area contributed by atoms with Crippen LogP contribution in [0.1, 0.15) is 6.92 Å². The highest BCUT2D eigenvalue weighted by molar-refractivity contribution is 8.00. The number of anilines is 1. The van der Waals surface area contributed by atoms with E-state index in [2.05, 4.69) is 20.3 Å². The fourth-order valence-electron chi connectivity index (χ4n) is 1.90. The zero-order chi connectivity index (χ0) is 16.1. The third-order valence-electron chi connectivity index (χ3n) is 3.04. The molecule has 23 heavy (non-hydrogen) atoms. The number of nitrogens with zero attached hydrogens (tertiary/aromatic N) is 3. The van der Waals surface area contributed by atoms with Crippen molar-refractivity contribution >= 4 is 34.1 Å². The molecule has 1 unspecified atom stereocenters. The van der Waals surface area contributed by atoms with E-state index in [9.17, 15) is 4.79 Å². The van der Waals surface area contributed by atoms with Crippen molar-refractivity contribution in [3.05, 3.63) is 54.3 Å². The molecule has 0 bridgehead atoms. The van der Waals surface area contributed by atoms with Crippen LogP contribution in [0.4, 0.5) is 5.13 Å². The van der Waals surface area contributed by atoms with Crippen molar-refractivity contribution in [3.63, 3.8) is 0 Å². The first kappa shape index (κ1) is 15.6. The first-order valence-corrected chi connectivity index (χ1v) is 8.73. The molecule has 0 aliphatic carbocycles. The molecule has 1 atom stereocenters. The Balaban J connectivity index is 1.69. The smallest absolute Gasteiger partial charge is 0.239 e. The molecule has 0 spiro atoms. The van der Waals surface area contributed by atoms with E-state index in [1.54, 1.807) is 6.20 Å². The molecule has 2 aromatic heterocycles. The van der Waals surface area contributed by atoms with Crippen molar-refractivity contribution in [1.82, 2.24) is 15.0 Å². The summed E-state index contributed by atoms with van der Waals surface area (Å²) in [6, 6.07) is 11.8. The zero-order valence-corrected chi connectivity index (χ0v) is 14.0. The number of hydrogen-bond donors (Lipinski definition) is 1. The Morgan fingerprint density at radius 2 is 2.04 bits per heavy atom. The summed E-state index contributed by atoms with van der Waals surface area (Å²) in [5.41, 5.74) is 1.87. The van der Waals surface area contributed by atoms with Crippen molar-refractivity contribution in [1.29, 1.82) is 0 Å². The van der Waals surface area contributed by atoms with E-state index < -0.39 is 0 Å². The maximum Gasteiger partial charge on any atom is 0.239 e. The summed E-state index contributed by atoms with van der Waals surface area (Å²) in [6.07, 6.45) is 3.19. The van der Waals surface area contributed by atoms with Crippen molar-refractivity contribution in [2.45, 2.75) is 17.2 Å². The van der Waals surface area contributed by atoms with Crippen LogP contribution in [0.15, 0.2) is 59.3 Å². The molecule has 0 saturated carbocycles. The van der Waals surface area contributed by atoms with Gasteiger partial charge in [0.2, 0.25) is 5.91 Å². The molecular weight excluding hydrogens is 328 g/mol. The van der Waals surface area contributed by atoms with Gasteiger partial charge in [-0.05, 0) is 13.0 Å². The largest absolute Gasteiger partial charge is 0.301 e. The zero-order valence-electron chi connectivity index (χ0n) is 12.3. The molecule has 116 valence electrons. The summed E-state index contributed by atoms with van der Waals surface area (Å²) < 4.78 is 0. The molecule has 0 fully saturated rings. The SMILES string of the molecule is CC(Sc1cc(-c2ccccc2)ncn1)C(=O)Nc1nccs1. The lowest BCUT2D eigenvalue weighted by Gasteiger charge is -2.10. The summed E-state index contributed by atoms with van der Waals surface area (Å²) in [7, 11) is 0. The average Bonchev–Trinajstić information content (AvgIpc) is 3.09. The number of benzene rings is 1. The van der Waals surface area contributed by atoms with Crippen LogP contribution in [0.5, 0.6) is 0 Å². The lowest BCUT2D eigenvalue weighted by Crippen LogP contribution is -2.22. The topological polar surface area (TPSA) is 67.8 Å². The minimum absolute atomic E-state index is 0.0928. The molecule has 3 rings (SSSR count). The molecular formula is C16H14N4OS2. The number of thioether (sulfide) groups is 1. The first-order chi connectivity index (χ1) is 11.2. The van der Waals surface area contributed by atoms with Gasteiger partial charge in [0.1, 0.15) is 11.4 Å². The van der Waals surface area contributed by atoms with Crippen molar-refractivity contribution in [2.24, 2.45) is 0 Å². The van der Waals surface area contributed by atoms with Crippen molar-refractivity contribution < 1.29 is 4.79 Å². The van der Waals surface area contributed by atoms with Gasteiger partial charge in [-0.25, -0.2) is 15.0 Å². The van der Waals surface area contributed by atoms with Gasteiger partial charge < -0.3 is 5.32 Å². The van der Waals surface area contributed by atoms with E-state index in [1.165, 1.54) is 29.4 Å². The van der Waals surface area contributed by atoms with Crippen LogP contribution >= 0.6 is 23.1 Å². The monoisotopic (exact) mass is 342 g/mol. The molecule has 0 aliphatic heterocycles. The minimum atomic E-state index is -0.280. The molecule has 2 heterocycles. The predicted molar refractivity (Wildman–Crippen MR) is 93.5 cm³/mol. The third kappa shape index (κ3) is 4.14. The number of carbonyl (C=O) groups is 1. The second-order valence-electron chi connectivity index (χ2n) is 4.69. The highest BCUT2D eigenvalue weighted by Crippen LogP contribution is 2.25. The lowest BCUT2D eigenvalue weighted by atomic mass is 10.1. The van der Waals surface area contributed by atoms with E-state index >= 15 is 0 Å². The number of carbonyl (C=O) groups excluding carboxylic acids is 1. The minimum Gasteiger partial charge on any atom is -0.301 e. The molecule has 1 amide bonds. The molecule has 0 aliphatic rings. The highest BCUT2D eigenvalue weighted by Gasteiger charge is 2.16. The summed E-state index contributed by atoms with van der Waals surface area (Å²) >= 11 is 2.79. The van der Waals surface area contributed by atoms with E-state index in [0.717, 1.165) is 16.3 Å². The van der Waals surface area contributed by atoms with Crippen LogP contribution < -0.4 is 5.32 Å². The van der Waals surface area contributed by atoms with Gasteiger partial charge in [-0.1, -0.05) is 42.1 Å². The van der Waals surface area contributed by atoms with Gasteiger partial charge in [-0.3, -0.25) is 4.79 Å². The predicted octanol–water partition coefficient (Wildman–Crippen LogP) is 3.72. The Hall–Kier alpha value is -2.25. The van der Waals surface area contributed by atoms with Crippen molar-refractivity contribution in [3.8, 4) is 11.3 Å². The van der Waals surface area contributed by atoms with Gasteiger partial charge in [0.25, 0.3) is 0 Å². The van der Waals surface area contributed by atoms with Crippen LogP contribution in [0.2, 0.25) is 0 Å². The molecule has 7 heteroatoms. The van der Waals surface area contributed by atoms with Gasteiger partial charge in [0.15, 0.2) is 5.13 Å². The molecule has 0 radical (unpaired) electrons. The van der Waals surface area contributed by atoms with E-state index in [4.69, 9.17) is 0 Å². The fourth-order valence-corrected chi connectivity index (χ4v) is 3.25. The van der Waals surface area contributed by atoms with Gasteiger partial charge in [-0.15, -0.1) is 11.3 Å². The van der Waals surface area contributed by atoms with Crippen LogP contribution in [0, 0.1) is 0 Å². The Morgan fingerprint density at radius 3 is 2.78 bits per heavy atom. The van der Waals surface area contributed by atoms with E-state index in [0.29, 0.717) is 5.13 Å². The number of nitrogens with one attached hydrogen (secondary N) is 1. The number of rotatable bonds is 5. The van der Waals surface area contributed by atoms with Gasteiger partial charge in [0, 0.05) is 17.1 Å². The van der Waals surface area contributed by atoms with Gasteiger partial charge in [-0.2, -0.15) is 0 Å². The molecule has 0 saturated heterocycles. The van der Waals surface area contributed by atoms with Crippen LogP contribution in [-0.4, -0.2) is 26.1 Å². The highest BCUT2D eigenvalue weighted by atomic mass is 32.2. The van der Waals surface area contributed by atoms with Crippen LogP contribution in [0.3, 0.4) is 0 Å². The maximum absolute atomic E-state index is 12.2. The van der Waals surface area contributed by atoms with Gasteiger partial charge in [0.05, 0.1) is 10.9 Å². The second kappa shape index (κ2) is 7.34. The summed E-state index contributed by atoms with van der Waals surface area (Å²) in [5.74, 6) is -0.0928. The summed E-state index contributed by atoms with van der Waals surface area (Å²) in [5, 5.41) is 5.71. The molecule has 1 aromatic carbocycles. The maximum atomic E-state index is 12.2. The normalized spacial score (nSPS) is 11.9. The first-order valence-electron chi connectivity index (χ1n) is 6.97. The van der Waals surface area contributed by atoms with Crippen LogP contribution in [0.25, 0.3) is 11.3 Å². The molecule has 5 nitrogen and oxygen atoms in total. The third-order valence-corrected chi connectivity index (χ3v) is 4.76. The number of hydrogen-bond acceptors (Lipinski definition) is 6. The Labute approximate surface area is 142 Å². The van der Waals surface area contributed by atoms with E-state index in [-0.39, 0.29) is 11.2 Å². The second-order valence-corrected chi connectivity index (χ2v) is 6.95. The number of aromatic nitrogens is 3. The van der Waals surface area contributed by atoms with E-state index in [1.807, 2.05) is 48.7 Å². The Bertz CT molecular complexity index is 778.